The Morgan fingerprint density at radius 2 is 1.79 bits per heavy atom. The Hall–Kier alpha value is -0.330. The summed E-state index contributed by atoms with van der Waals surface area (Å²) in [5.41, 5.74) is 1.06. The van der Waals surface area contributed by atoms with Crippen molar-refractivity contribution in [3.05, 3.63) is 29.8 Å². The molecule has 0 radical (unpaired) electrons. The van der Waals surface area contributed by atoms with Gasteiger partial charge in [0.15, 0.2) is 0 Å². The van der Waals surface area contributed by atoms with Crippen LogP contribution in [0.1, 0.15) is 31.9 Å². The molecule has 0 aromatic heterocycles. The van der Waals surface area contributed by atoms with E-state index in [9.17, 15) is 0 Å². The third-order valence-electron chi connectivity index (χ3n) is 3.20. The molecule has 19 heavy (non-hydrogen) atoms. The number of halogens is 1. The first-order chi connectivity index (χ1) is 9.02. The van der Waals surface area contributed by atoms with Crippen LogP contribution in [-0.4, -0.2) is 30.9 Å². The second-order valence-electron chi connectivity index (χ2n) is 5.00. The molecule has 1 unspecified atom stereocenters. The maximum absolute atomic E-state index is 5.96. The van der Waals surface area contributed by atoms with Crippen molar-refractivity contribution in [2.75, 3.05) is 25.3 Å². The maximum atomic E-state index is 5.96. The summed E-state index contributed by atoms with van der Waals surface area (Å²) in [7, 11) is 3.41. The van der Waals surface area contributed by atoms with Crippen molar-refractivity contribution in [1.82, 2.24) is 0 Å². The lowest BCUT2D eigenvalue weighted by molar-refractivity contribution is -0.0225. The molecule has 1 aromatic rings. The lowest BCUT2D eigenvalue weighted by atomic mass is 10.1. The highest BCUT2D eigenvalue weighted by Crippen LogP contribution is 2.24. The lowest BCUT2D eigenvalue weighted by Gasteiger charge is -2.24. The van der Waals surface area contributed by atoms with E-state index < -0.39 is 0 Å². The van der Waals surface area contributed by atoms with E-state index in [1.54, 1.807) is 14.2 Å². The Morgan fingerprint density at radius 1 is 1.16 bits per heavy atom. The van der Waals surface area contributed by atoms with Crippen LogP contribution in [0.4, 0.5) is 0 Å². The van der Waals surface area contributed by atoms with Gasteiger partial charge >= 0.3 is 0 Å². The van der Waals surface area contributed by atoms with Gasteiger partial charge in [0.1, 0.15) is 5.75 Å². The van der Waals surface area contributed by atoms with Crippen LogP contribution < -0.4 is 4.74 Å². The average molecular weight is 378 g/mol. The minimum atomic E-state index is -0.129. The van der Waals surface area contributed by atoms with Crippen LogP contribution in [0.2, 0.25) is 0 Å². The number of hydrogen-bond acceptors (Lipinski definition) is 3. The van der Waals surface area contributed by atoms with Crippen LogP contribution in [0.15, 0.2) is 24.3 Å². The molecule has 3 nitrogen and oxygen atoms in total. The van der Waals surface area contributed by atoms with E-state index in [1.807, 2.05) is 12.1 Å². The summed E-state index contributed by atoms with van der Waals surface area (Å²) in [6.45, 7) is 4.84. The minimum Gasteiger partial charge on any atom is -0.497 e. The number of hydrogen-bond donors (Lipinski definition) is 0. The Morgan fingerprint density at radius 3 is 2.26 bits per heavy atom. The van der Waals surface area contributed by atoms with Gasteiger partial charge in [0, 0.05) is 11.5 Å². The van der Waals surface area contributed by atoms with E-state index in [0.717, 1.165) is 16.6 Å². The van der Waals surface area contributed by atoms with E-state index in [2.05, 4.69) is 48.6 Å². The van der Waals surface area contributed by atoms with Crippen molar-refractivity contribution < 1.29 is 14.2 Å². The highest BCUT2D eigenvalue weighted by atomic mass is 127. The Kier molecular flexibility index (Phi) is 7.10. The van der Waals surface area contributed by atoms with Gasteiger partial charge in [-0.25, -0.2) is 0 Å². The third-order valence-corrected chi connectivity index (χ3v) is 4.00. The molecule has 0 aliphatic carbocycles. The predicted octanol–water partition coefficient (Wildman–Crippen LogP) is 4.00. The largest absolute Gasteiger partial charge is 0.497 e. The molecule has 0 aliphatic rings. The zero-order chi connectivity index (χ0) is 14.3. The van der Waals surface area contributed by atoms with E-state index in [4.69, 9.17) is 14.2 Å². The van der Waals surface area contributed by atoms with Crippen molar-refractivity contribution in [1.29, 1.82) is 0 Å². The molecule has 108 valence electrons. The third kappa shape index (κ3) is 5.67. The molecule has 0 bridgehead atoms. The number of rotatable bonds is 8. The minimum absolute atomic E-state index is 0.124. The van der Waals surface area contributed by atoms with Crippen molar-refractivity contribution >= 4 is 22.6 Å². The second-order valence-corrected chi connectivity index (χ2v) is 5.88. The molecule has 4 heteroatoms. The smallest absolute Gasteiger partial charge is 0.118 e. The Balaban J connectivity index is 2.53. The second kappa shape index (κ2) is 8.07. The van der Waals surface area contributed by atoms with Gasteiger partial charge in [-0.3, -0.25) is 0 Å². The molecule has 0 spiro atoms. The lowest BCUT2D eigenvalue weighted by Crippen LogP contribution is -2.25. The average Bonchev–Trinajstić information content (AvgIpc) is 2.44. The molecule has 0 saturated heterocycles. The van der Waals surface area contributed by atoms with Gasteiger partial charge in [-0.05, 0) is 38.0 Å². The zero-order valence-electron chi connectivity index (χ0n) is 12.1. The number of ether oxygens (including phenoxy) is 3. The van der Waals surface area contributed by atoms with Gasteiger partial charge in [0.05, 0.1) is 25.4 Å². The van der Waals surface area contributed by atoms with E-state index in [0.29, 0.717) is 6.61 Å². The Bertz CT molecular complexity index is 362. The Labute approximate surface area is 129 Å². The summed E-state index contributed by atoms with van der Waals surface area (Å²) in [6, 6.07) is 8.06. The summed E-state index contributed by atoms with van der Waals surface area (Å²) < 4.78 is 17.4. The van der Waals surface area contributed by atoms with Gasteiger partial charge in [0.25, 0.3) is 0 Å². The standard InChI is InChI=1S/C15H23IO3/c1-15(2,18-4)9-10-19-14(11-16)12-5-7-13(17-3)8-6-12/h5-8,14H,9-11H2,1-4H3. The van der Waals surface area contributed by atoms with Crippen LogP contribution in [-0.2, 0) is 9.47 Å². The monoisotopic (exact) mass is 378 g/mol. The highest BCUT2D eigenvalue weighted by molar-refractivity contribution is 14.1. The topological polar surface area (TPSA) is 27.7 Å². The summed E-state index contributed by atoms with van der Waals surface area (Å²) in [5, 5.41) is 0. The van der Waals surface area contributed by atoms with Crippen molar-refractivity contribution in [2.24, 2.45) is 0 Å². The molecular formula is C15H23IO3. The van der Waals surface area contributed by atoms with Crippen LogP contribution in [0.25, 0.3) is 0 Å². The summed E-state index contributed by atoms with van der Waals surface area (Å²) in [6.07, 6.45) is 1.01. The van der Waals surface area contributed by atoms with Gasteiger partial charge < -0.3 is 14.2 Å². The SMILES string of the molecule is COc1ccc(C(CI)OCCC(C)(C)OC)cc1. The quantitative estimate of drug-likeness (QED) is 0.506. The number of benzene rings is 1. The molecule has 1 aromatic carbocycles. The van der Waals surface area contributed by atoms with Gasteiger partial charge in [-0.15, -0.1) is 0 Å². The van der Waals surface area contributed by atoms with Crippen LogP contribution in [0.5, 0.6) is 5.75 Å². The molecule has 0 heterocycles. The van der Waals surface area contributed by atoms with Crippen molar-refractivity contribution in [3.8, 4) is 5.75 Å². The van der Waals surface area contributed by atoms with Gasteiger partial charge in [-0.2, -0.15) is 0 Å². The molecule has 0 saturated carbocycles. The molecule has 0 amide bonds. The molecule has 0 N–H and O–H groups in total. The fourth-order valence-corrected chi connectivity index (χ4v) is 2.36. The highest BCUT2D eigenvalue weighted by Gasteiger charge is 2.18. The molecule has 1 atom stereocenters. The number of alkyl halides is 1. The van der Waals surface area contributed by atoms with Crippen molar-refractivity contribution in [3.63, 3.8) is 0 Å². The fourth-order valence-electron chi connectivity index (χ4n) is 1.60. The number of methoxy groups -OCH3 is 2. The maximum Gasteiger partial charge on any atom is 0.118 e. The van der Waals surface area contributed by atoms with Gasteiger partial charge in [-0.1, -0.05) is 34.7 Å². The molecule has 1 rings (SSSR count). The van der Waals surface area contributed by atoms with Crippen LogP contribution in [0.3, 0.4) is 0 Å². The van der Waals surface area contributed by atoms with E-state index >= 15 is 0 Å². The van der Waals surface area contributed by atoms with E-state index in [-0.39, 0.29) is 11.7 Å². The first kappa shape index (κ1) is 16.7. The van der Waals surface area contributed by atoms with E-state index in [1.165, 1.54) is 5.56 Å². The molecule has 0 fully saturated rings. The van der Waals surface area contributed by atoms with Gasteiger partial charge in [0.2, 0.25) is 0 Å². The first-order valence-corrected chi connectivity index (χ1v) is 7.91. The fraction of sp³-hybridized carbons (Fsp3) is 0.600. The molecular weight excluding hydrogens is 355 g/mol. The normalized spacial score (nSPS) is 13.3. The predicted molar refractivity (Wildman–Crippen MR) is 86.3 cm³/mol. The van der Waals surface area contributed by atoms with Crippen LogP contribution >= 0.6 is 22.6 Å². The molecule has 0 aliphatic heterocycles. The summed E-state index contributed by atoms with van der Waals surface area (Å²) >= 11 is 2.35. The summed E-state index contributed by atoms with van der Waals surface area (Å²) in [5.74, 6) is 0.872. The zero-order valence-corrected chi connectivity index (χ0v) is 14.3. The van der Waals surface area contributed by atoms with Crippen LogP contribution in [0, 0.1) is 0 Å². The van der Waals surface area contributed by atoms with Crippen molar-refractivity contribution in [2.45, 2.75) is 32.0 Å². The summed E-state index contributed by atoms with van der Waals surface area (Å²) in [4.78, 5) is 0. The first-order valence-electron chi connectivity index (χ1n) is 6.39.